The monoisotopic (exact) mass is 217 g/mol. The van der Waals surface area contributed by atoms with Crippen LogP contribution in [0.25, 0.3) is 0 Å². The van der Waals surface area contributed by atoms with E-state index in [2.05, 4.69) is 5.32 Å². The lowest BCUT2D eigenvalue weighted by atomic mass is 9.78. The fraction of sp³-hybridized carbons (Fsp3) is 0.900. The molecular formula is C10H19NO4. The molecule has 15 heavy (non-hydrogen) atoms. The summed E-state index contributed by atoms with van der Waals surface area (Å²) in [5.41, 5.74) is -0.402. The molecule has 0 atom stereocenters. The molecule has 1 saturated carbocycles. The summed E-state index contributed by atoms with van der Waals surface area (Å²) in [6, 6.07) is 0. The number of hydrogen-bond acceptors (Lipinski definition) is 3. The van der Waals surface area contributed by atoms with E-state index in [1.165, 1.54) is 0 Å². The van der Waals surface area contributed by atoms with Crippen molar-refractivity contribution in [1.82, 2.24) is 5.32 Å². The largest absolute Gasteiger partial charge is 0.465 e. The van der Waals surface area contributed by atoms with E-state index in [1.807, 2.05) is 0 Å². The Balaban J connectivity index is 2.55. The molecule has 0 radical (unpaired) electrons. The molecule has 0 spiro atoms. The molecule has 5 nitrogen and oxygen atoms in total. The van der Waals surface area contributed by atoms with Gasteiger partial charge in [0.2, 0.25) is 0 Å². The normalized spacial score (nSPS) is 31.2. The van der Waals surface area contributed by atoms with Gasteiger partial charge in [0.15, 0.2) is 0 Å². The summed E-state index contributed by atoms with van der Waals surface area (Å²) in [6.07, 6.45) is 2.07. The number of nitrogens with one attached hydrogen (secondary N) is 1. The van der Waals surface area contributed by atoms with Gasteiger partial charge in [0.1, 0.15) is 0 Å². The van der Waals surface area contributed by atoms with Gasteiger partial charge in [-0.25, -0.2) is 4.79 Å². The lowest BCUT2D eigenvalue weighted by Crippen LogP contribution is -2.51. The van der Waals surface area contributed by atoms with Crippen LogP contribution in [-0.4, -0.2) is 41.7 Å². The zero-order chi connectivity index (χ0) is 11.3. The second-order valence-electron chi connectivity index (χ2n) is 4.18. The van der Waals surface area contributed by atoms with Crippen molar-refractivity contribution in [3.8, 4) is 0 Å². The predicted molar refractivity (Wildman–Crippen MR) is 54.9 cm³/mol. The Kier molecular flexibility index (Phi) is 4.35. The molecule has 1 fully saturated rings. The van der Waals surface area contributed by atoms with Crippen molar-refractivity contribution in [2.75, 3.05) is 13.7 Å². The number of methoxy groups -OCH3 is 1. The molecule has 0 aromatic rings. The Morgan fingerprint density at radius 3 is 2.60 bits per heavy atom. The molecule has 1 amide bonds. The van der Waals surface area contributed by atoms with Crippen LogP contribution in [0.3, 0.4) is 0 Å². The van der Waals surface area contributed by atoms with Crippen LogP contribution in [-0.2, 0) is 4.74 Å². The smallest absolute Gasteiger partial charge is 0.405 e. The molecule has 3 N–H and O–H groups in total. The van der Waals surface area contributed by atoms with Crippen LogP contribution >= 0.6 is 0 Å². The highest BCUT2D eigenvalue weighted by molar-refractivity contribution is 5.65. The summed E-state index contributed by atoms with van der Waals surface area (Å²) in [6.45, 7) is 0.538. The van der Waals surface area contributed by atoms with Crippen LogP contribution in [0.15, 0.2) is 0 Å². The first-order valence-corrected chi connectivity index (χ1v) is 5.26. The van der Waals surface area contributed by atoms with Gasteiger partial charge in [-0.05, 0) is 32.1 Å². The summed E-state index contributed by atoms with van der Waals surface area (Å²) >= 11 is 0. The minimum absolute atomic E-state index is 0.281. The first-order valence-electron chi connectivity index (χ1n) is 5.26. The first-order chi connectivity index (χ1) is 7.08. The standard InChI is InChI=1S/C10H19NO4/c1-15-7-6-10(11-9(13)14)4-2-8(12)3-5-10/h8,11-12H,2-7H2,1H3,(H,13,14). The Morgan fingerprint density at radius 2 is 2.13 bits per heavy atom. The maximum absolute atomic E-state index is 10.7. The number of rotatable bonds is 4. The predicted octanol–water partition coefficient (Wildman–Crippen LogP) is 0.964. The lowest BCUT2D eigenvalue weighted by molar-refractivity contribution is 0.0630. The maximum atomic E-state index is 10.7. The fourth-order valence-electron chi connectivity index (χ4n) is 2.12. The fourth-order valence-corrected chi connectivity index (χ4v) is 2.12. The molecule has 88 valence electrons. The second-order valence-corrected chi connectivity index (χ2v) is 4.18. The SMILES string of the molecule is COCCC1(NC(=O)O)CCC(O)CC1. The molecule has 0 aromatic heterocycles. The number of ether oxygens (including phenoxy) is 1. The first kappa shape index (κ1) is 12.3. The minimum Gasteiger partial charge on any atom is -0.465 e. The van der Waals surface area contributed by atoms with E-state index in [1.54, 1.807) is 7.11 Å². The summed E-state index contributed by atoms with van der Waals surface area (Å²) in [4.78, 5) is 10.7. The van der Waals surface area contributed by atoms with Crippen molar-refractivity contribution in [2.45, 2.75) is 43.7 Å². The van der Waals surface area contributed by atoms with E-state index in [0.717, 1.165) is 0 Å². The lowest BCUT2D eigenvalue weighted by Gasteiger charge is -2.38. The Morgan fingerprint density at radius 1 is 1.53 bits per heavy atom. The molecular weight excluding hydrogens is 198 g/mol. The summed E-state index contributed by atoms with van der Waals surface area (Å²) in [5, 5.41) is 20.8. The number of aliphatic hydroxyl groups is 1. The highest BCUT2D eigenvalue weighted by Crippen LogP contribution is 2.31. The average Bonchev–Trinajstić information content (AvgIpc) is 2.19. The van der Waals surface area contributed by atoms with Gasteiger partial charge in [-0.15, -0.1) is 0 Å². The number of aliphatic hydroxyl groups excluding tert-OH is 1. The third kappa shape index (κ3) is 3.68. The van der Waals surface area contributed by atoms with Crippen molar-refractivity contribution < 1.29 is 19.7 Å². The van der Waals surface area contributed by atoms with Crippen molar-refractivity contribution in [1.29, 1.82) is 0 Å². The highest BCUT2D eigenvalue weighted by atomic mass is 16.5. The van der Waals surface area contributed by atoms with E-state index < -0.39 is 11.6 Å². The third-order valence-corrected chi connectivity index (χ3v) is 3.07. The van der Waals surface area contributed by atoms with Gasteiger partial charge in [-0.1, -0.05) is 0 Å². The minimum atomic E-state index is -0.998. The Bertz CT molecular complexity index is 206. The van der Waals surface area contributed by atoms with Gasteiger partial charge in [-0.2, -0.15) is 0 Å². The Hall–Kier alpha value is -0.810. The number of carboxylic acid groups (broad SMARTS) is 1. The van der Waals surface area contributed by atoms with E-state index >= 15 is 0 Å². The zero-order valence-electron chi connectivity index (χ0n) is 9.03. The van der Waals surface area contributed by atoms with Crippen molar-refractivity contribution in [2.24, 2.45) is 0 Å². The van der Waals surface area contributed by atoms with E-state index in [-0.39, 0.29) is 6.10 Å². The van der Waals surface area contributed by atoms with Crippen molar-refractivity contribution in [3.05, 3.63) is 0 Å². The van der Waals surface area contributed by atoms with Crippen LogP contribution in [0.5, 0.6) is 0 Å². The van der Waals surface area contributed by atoms with E-state index in [0.29, 0.717) is 38.7 Å². The van der Waals surface area contributed by atoms with Gasteiger partial charge >= 0.3 is 6.09 Å². The van der Waals surface area contributed by atoms with Crippen LogP contribution in [0, 0.1) is 0 Å². The molecule has 1 aliphatic rings. The number of carbonyl (C=O) groups is 1. The second kappa shape index (κ2) is 5.32. The summed E-state index contributed by atoms with van der Waals surface area (Å²) in [5.74, 6) is 0. The average molecular weight is 217 g/mol. The van der Waals surface area contributed by atoms with Gasteiger partial charge in [0.05, 0.1) is 6.10 Å². The van der Waals surface area contributed by atoms with Gasteiger partial charge in [0, 0.05) is 19.3 Å². The molecule has 0 aliphatic heterocycles. The van der Waals surface area contributed by atoms with E-state index in [9.17, 15) is 9.90 Å². The Labute approximate surface area is 89.4 Å². The molecule has 0 heterocycles. The molecule has 0 bridgehead atoms. The zero-order valence-corrected chi connectivity index (χ0v) is 9.03. The molecule has 5 heteroatoms. The topological polar surface area (TPSA) is 78.8 Å². The molecule has 1 rings (SSSR count). The maximum Gasteiger partial charge on any atom is 0.405 e. The van der Waals surface area contributed by atoms with Crippen molar-refractivity contribution in [3.63, 3.8) is 0 Å². The van der Waals surface area contributed by atoms with Crippen LogP contribution in [0.2, 0.25) is 0 Å². The van der Waals surface area contributed by atoms with Crippen LogP contribution in [0.1, 0.15) is 32.1 Å². The van der Waals surface area contributed by atoms with Crippen molar-refractivity contribution >= 4 is 6.09 Å². The van der Waals surface area contributed by atoms with Gasteiger partial charge < -0.3 is 20.3 Å². The quantitative estimate of drug-likeness (QED) is 0.655. The molecule has 0 aromatic carbocycles. The number of amides is 1. The number of hydrogen-bond donors (Lipinski definition) is 3. The van der Waals surface area contributed by atoms with E-state index in [4.69, 9.17) is 9.84 Å². The molecule has 0 saturated heterocycles. The van der Waals surface area contributed by atoms with Crippen LogP contribution in [0.4, 0.5) is 4.79 Å². The van der Waals surface area contributed by atoms with Gasteiger partial charge in [0.25, 0.3) is 0 Å². The third-order valence-electron chi connectivity index (χ3n) is 3.07. The molecule has 1 aliphatic carbocycles. The van der Waals surface area contributed by atoms with Crippen LogP contribution < -0.4 is 5.32 Å². The van der Waals surface area contributed by atoms with Gasteiger partial charge in [-0.3, -0.25) is 0 Å². The summed E-state index contributed by atoms with van der Waals surface area (Å²) in [7, 11) is 1.60. The highest BCUT2D eigenvalue weighted by Gasteiger charge is 2.35. The summed E-state index contributed by atoms with van der Waals surface area (Å²) < 4.78 is 4.98. The molecule has 0 unspecified atom stereocenters.